The first-order chi connectivity index (χ1) is 10.7. The Kier molecular flexibility index (Phi) is 25.4. The Balaban J connectivity index is 0. The van der Waals surface area contributed by atoms with E-state index in [9.17, 15) is 0 Å². The van der Waals surface area contributed by atoms with Crippen molar-refractivity contribution in [3.05, 3.63) is 0 Å². The molecule has 0 aliphatic heterocycles. The number of unbranched alkanes of at least 4 members (excludes halogenated alkanes) is 7. The molecule has 0 aromatic carbocycles. The highest BCUT2D eigenvalue weighted by Crippen LogP contribution is 2.16. The Hall–Kier alpha value is -0.120. The summed E-state index contributed by atoms with van der Waals surface area (Å²) >= 11 is 0. The van der Waals surface area contributed by atoms with Crippen LogP contribution in [-0.4, -0.2) is 34.6 Å². The second-order valence-corrected chi connectivity index (χ2v) is 6.21. The summed E-state index contributed by atoms with van der Waals surface area (Å²) in [7, 11) is 0. The predicted octanol–water partition coefficient (Wildman–Crippen LogP) is 4.82. The van der Waals surface area contributed by atoms with Crippen molar-refractivity contribution < 1.29 is 15.3 Å². The zero-order chi connectivity index (χ0) is 16.9. The van der Waals surface area contributed by atoms with Gasteiger partial charge in [-0.25, -0.2) is 0 Å². The summed E-state index contributed by atoms with van der Waals surface area (Å²) in [6.07, 6.45) is 16.7. The van der Waals surface area contributed by atoms with Crippen LogP contribution in [-0.2, 0) is 0 Å². The van der Waals surface area contributed by atoms with E-state index in [0.29, 0.717) is 13.2 Å². The molecule has 1 saturated carbocycles. The van der Waals surface area contributed by atoms with E-state index in [2.05, 4.69) is 13.8 Å². The van der Waals surface area contributed by atoms with E-state index in [0.717, 1.165) is 25.7 Å². The molecule has 3 nitrogen and oxygen atoms in total. The maximum absolute atomic E-state index is 8.91. The van der Waals surface area contributed by atoms with Crippen molar-refractivity contribution in [1.29, 1.82) is 0 Å². The van der Waals surface area contributed by atoms with Gasteiger partial charge in [-0.2, -0.15) is 0 Å². The third kappa shape index (κ3) is 24.9. The van der Waals surface area contributed by atoms with Crippen LogP contribution < -0.4 is 0 Å². The summed E-state index contributed by atoms with van der Waals surface area (Å²) in [5, 5.41) is 25.6. The zero-order valence-electron chi connectivity index (χ0n) is 15.2. The van der Waals surface area contributed by atoms with Crippen LogP contribution in [0.4, 0.5) is 0 Å². The van der Waals surface area contributed by atoms with Crippen LogP contribution in [0.1, 0.15) is 104 Å². The molecule has 0 aromatic rings. The predicted molar refractivity (Wildman–Crippen MR) is 96.2 cm³/mol. The molecule has 3 N–H and O–H groups in total. The number of rotatable bonds is 9. The lowest BCUT2D eigenvalue weighted by molar-refractivity contribution is 0.130. The number of aliphatic hydroxyl groups is 3. The van der Waals surface area contributed by atoms with Crippen LogP contribution in [0.2, 0.25) is 0 Å². The molecule has 3 heteroatoms. The number of hydrogen-bond donors (Lipinski definition) is 3. The molecule has 0 unspecified atom stereocenters. The van der Waals surface area contributed by atoms with Crippen molar-refractivity contribution in [2.45, 2.75) is 110 Å². The average molecular weight is 319 g/mol. The molecule has 0 saturated heterocycles. The highest BCUT2D eigenvalue weighted by Gasteiger charge is 2.07. The minimum absolute atomic E-state index is 0.0359. The molecule has 1 rings (SSSR count). The first kappa shape index (κ1) is 24.1. The fourth-order valence-electron chi connectivity index (χ4n) is 2.33. The van der Waals surface area contributed by atoms with Crippen LogP contribution in [0.15, 0.2) is 0 Å². The van der Waals surface area contributed by atoms with E-state index in [4.69, 9.17) is 15.3 Å². The van der Waals surface area contributed by atoms with Gasteiger partial charge in [0.25, 0.3) is 0 Å². The topological polar surface area (TPSA) is 60.7 Å². The second-order valence-electron chi connectivity index (χ2n) is 6.21. The van der Waals surface area contributed by atoms with Crippen LogP contribution in [0, 0.1) is 0 Å². The fraction of sp³-hybridized carbons (Fsp3) is 1.00. The van der Waals surface area contributed by atoms with Crippen LogP contribution >= 0.6 is 0 Å². The standard InChI is InChI=1S/C7H16O.C6H12O.C6H14O/c1-2-3-4-5-6-7-8;7-6-4-2-1-3-5-6;1-2-3-4-5-6-7/h8H,2-7H2,1H3;6-7H,1-5H2;7H,2-6H2,1H3. The highest BCUT2D eigenvalue weighted by molar-refractivity contribution is 4.61. The Morgan fingerprint density at radius 1 is 0.636 bits per heavy atom. The quantitative estimate of drug-likeness (QED) is 0.534. The molecule has 22 heavy (non-hydrogen) atoms. The monoisotopic (exact) mass is 318 g/mol. The van der Waals surface area contributed by atoms with Gasteiger partial charge in [0.05, 0.1) is 6.10 Å². The van der Waals surface area contributed by atoms with Gasteiger partial charge in [-0.3, -0.25) is 0 Å². The first-order valence-electron chi connectivity index (χ1n) is 9.62. The van der Waals surface area contributed by atoms with Gasteiger partial charge >= 0.3 is 0 Å². The van der Waals surface area contributed by atoms with Crippen molar-refractivity contribution in [2.75, 3.05) is 13.2 Å². The lowest BCUT2D eigenvalue weighted by Crippen LogP contribution is -2.09. The van der Waals surface area contributed by atoms with E-state index in [1.807, 2.05) is 0 Å². The summed E-state index contributed by atoms with van der Waals surface area (Å²) in [4.78, 5) is 0. The van der Waals surface area contributed by atoms with Gasteiger partial charge in [-0.1, -0.05) is 78.1 Å². The van der Waals surface area contributed by atoms with Gasteiger partial charge in [0, 0.05) is 13.2 Å². The normalized spacial score (nSPS) is 14.6. The van der Waals surface area contributed by atoms with Crippen molar-refractivity contribution in [3.63, 3.8) is 0 Å². The molecule has 136 valence electrons. The molecule has 0 amide bonds. The minimum atomic E-state index is 0.0359. The Bertz CT molecular complexity index is 158. The number of aliphatic hydroxyl groups excluding tert-OH is 3. The smallest absolute Gasteiger partial charge is 0.0540 e. The minimum Gasteiger partial charge on any atom is -0.396 e. The van der Waals surface area contributed by atoms with E-state index in [-0.39, 0.29) is 6.10 Å². The maximum atomic E-state index is 8.91. The van der Waals surface area contributed by atoms with Gasteiger partial charge in [0.2, 0.25) is 0 Å². The van der Waals surface area contributed by atoms with Crippen LogP contribution in [0.25, 0.3) is 0 Å². The largest absolute Gasteiger partial charge is 0.396 e. The van der Waals surface area contributed by atoms with Crippen LogP contribution in [0.3, 0.4) is 0 Å². The average Bonchev–Trinajstić information content (AvgIpc) is 2.54. The molecular formula is C19H42O3. The van der Waals surface area contributed by atoms with Gasteiger partial charge < -0.3 is 15.3 Å². The highest BCUT2D eigenvalue weighted by atomic mass is 16.3. The molecule has 0 aromatic heterocycles. The zero-order valence-corrected chi connectivity index (χ0v) is 15.2. The number of hydrogen-bond acceptors (Lipinski definition) is 3. The molecule has 1 aliphatic rings. The van der Waals surface area contributed by atoms with Crippen molar-refractivity contribution in [3.8, 4) is 0 Å². The third-order valence-electron chi connectivity index (χ3n) is 3.85. The summed E-state index contributed by atoms with van der Waals surface area (Å²) in [6, 6.07) is 0. The Morgan fingerprint density at radius 3 is 1.36 bits per heavy atom. The lowest BCUT2D eigenvalue weighted by Gasteiger charge is -2.14. The molecule has 0 bridgehead atoms. The molecule has 0 spiro atoms. The van der Waals surface area contributed by atoms with Gasteiger partial charge in [0.15, 0.2) is 0 Å². The third-order valence-corrected chi connectivity index (χ3v) is 3.85. The van der Waals surface area contributed by atoms with E-state index in [1.54, 1.807) is 0 Å². The summed E-state index contributed by atoms with van der Waals surface area (Å²) < 4.78 is 0. The molecule has 0 heterocycles. The Morgan fingerprint density at radius 2 is 1.05 bits per heavy atom. The SMILES string of the molecule is CCCCCCCO.CCCCCCO.OC1CCCCC1. The summed E-state index contributed by atoms with van der Waals surface area (Å²) in [6.45, 7) is 5.08. The van der Waals surface area contributed by atoms with Gasteiger partial charge in [0.1, 0.15) is 0 Å². The molecule has 1 aliphatic carbocycles. The Labute approximate surface area is 139 Å². The van der Waals surface area contributed by atoms with Crippen molar-refractivity contribution in [2.24, 2.45) is 0 Å². The fourth-order valence-corrected chi connectivity index (χ4v) is 2.33. The van der Waals surface area contributed by atoms with Gasteiger partial charge in [-0.05, 0) is 25.7 Å². The first-order valence-corrected chi connectivity index (χ1v) is 9.62. The van der Waals surface area contributed by atoms with Crippen LogP contribution in [0.5, 0.6) is 0 Å². The van der Waals surface area contributed by atoms with E-state index >= 15 is 0 Å². The molecule has 0 atom stereocenters. The van der Waals surface area contributed by atoms with Crippen molar-refractivity contribution in [1.82, 2.24) is 0 Å². The summed E-state index contributed by atoms with van der Waals surface area (Å²) in [5.74, 6) is 0. The maximum Gasteiger partial charge on any atom is 0.0540 e. The van der Waals surface area contributed by atoms with E-state index < -0.39 is 0 Å². The molecular weight excluding hydrogens is 276 g/mol. The summed E-state index contributed by atoms with van der Waals surface area (Å²) in [5.41, 5.74) is 0. The molecule has 1 fully saturated rings. The van der Waals surface area contributed by atoms with Crippen molar-refractivity contribution >= 4 is 0 Å². The van der Waals surface area contributed by atoms with Gasteiger partial charge in [-0.15, -0.1) is 0 Å². The van der Waals surface area contributed by atoms with E-state index in [1.165, 1.54) is 64.2 Å². The molecule has 0 radical (unpaired) electrons. The second kappa shape index (κ2) is 23.2. The lowest BCUT2D eigenvalue weighted by atomic mass is 9.98.